The molecule has 2 fully saturated rings. The maximum Gasteiger partial charge on any atom is 0.240 e. The molecule has 1 aromatic carbocycles. The molecule has 0 aliphatic heterocycles. The molecule has 0 spiro atoms. The third-order valence-electron chi connectivity index (χ3n) is 4.53. The van der Waals surface area contributed by atoms with Crippen LogP contribution in [0.4, 0.5) is 0 Å². The van der Waals surface area contributed by atoms with Gasteiger partial charge in [-0.2, -0.15) is 5.10 Å². The van der Waals surface area contributed by atoms with Gasteiger partial charge in [0.15, 0.2) is 0 Å². The number of ether oxygens (including phenoxy) is 1. The number of halogens is 2. The number of benzene rings is 1. The van der Waals surface area contributed by atoms with Crippen molar-refractivity contribution < 1.29 is 9.53 Å². The fourth-order valence-electron chi connectivity index (χ4n) is 3.36. The highest BCUT2D eigenvalue weighted by atomic mass is 35.5. The number of carbonyl (C=O) groups excluding carboxylic acids is 1. The predicted molar refractivity (Wildman–Crippen MR) is 92.2 cm³/mol. The van der Waals surface area contributed by atoms with Crippen LogP contribution >= 0.6 is 23.2 Å². The van der Waals surface area contributed by atoms with E-state index in [1.807, 2.05) is 0 Å². The van der Waals surface area contributed by atoms with Crippen molar-refractivity contribution in [2.75, 3.05) is 6.61 Å². The molecule has 0 heterocycles. The molecular formula is C17H20Cl2N2O2. The average molecular weight is 355 g/mol. The van der Waals surface area contributed by atoms with Crippen molar-refractivity contribution in [2.24, 2.45) is 16.9 Å². The van der Waals surface area contributed by atoms with Gasteiger partial charge in [0.2, 0.25) is 5.91 Å². The first-order chi connectivity index (χ1) is 11.1. The first kappa shape index (κ1) is 16.6. The van der Waals surface area contributed by atoms with Crippen LogP contribution in [0, 0.1) is 11.8 Å². The van der Waals surface area contributed by atoms with Gasteiger partial charge in [-0.25, -0.2) is 5.43 Å². The van der Waals surface area contributed by atoms with E-state index in [2.05, 4.69) is 10.5 Å². The number of nitrogens with one attached hydrogen (secondary N) is 1. The normalized spacial score (nSPS) is 24.2. The van der Waals surface area contributed by atoms with Gasteiger partial charge in [0.1, 0.15) is 5.75 Å². The summed E-state index contributed by atoms with van der Waals surface area (Å²) in [4.78, 5) is 11.8. The monoisotopic (exact) mass is 354 g/mol. The summed E-state index contributed by atoms with van der Waals surface area (Å²) >= 11 is 11.8. The number of hydrogen-bond donors (Lipinski definition) is 1. The van der Waals surface area contributed by atoms with Gasteiger partial charge >= 0.3 is 0 Å². The van der Waals surface area contributed by atoms with Crippen LogP contribution < -0.4 is 10.2 Å². The van der Waals surface area contributed by atoms with Crippen molar-refractivity contribution in [1.82, 2.24) is 5.43 Å². The second-order valence-corrected chi connectivity index (χ2v) is 7.09. The van der Waals surface area contributed by atoms with E-state index < -0.39 is 0 Å². The summed E-state index contributed by atoms with van der Waals surface area (Å²) in [6, 6.07) is 5.09. The second kappa shape index (κ2) is 7.54. The van der Waals surface area contributed by atoms with Gasteiger partial charge in [-0.05, 0) is 62.1 Å². The van der Waals surface area contributed by atoms with Gasteiger partial charge in [-0.1, -0.05) is 23.2 Å². The summed E-state index contributed by atoms with van der Waals surface area (Å²) < 4.78 is 5.55. The van der Waals surface area contributed by atoms with E-state index >= 15 is 0 Å². The van der Waals surface area contributed by atoms with Gasteiger partial charge in [0.05, 0.1) is 11.6 Å². The van der Waals surface area contributed by atoms with Crippen LogP contribution in [0.25, 0.3) is 0 Å². The van der Waals surface area contributed by atoms with E-state index in [9.17, 15) is 4.79 Å². The molecule has 124 valence electrons. The Morgan fingerprint density at radius 3 is 2.91 bits per heavy atom. The van der Waals surface area contributed by atoms with Crippen LogP contribution in [0.15, 0.2) is 23.3 Å². The van der Waals surface area contributed by atoms with Crippen molar-refractivity contribution in [3.8, 4) is 5.75 Å². The fourth-order valence-corrected chi connectivity index (χ4v) is 3.82. The zero-order valence-electron chi connectivity index (χ0n) is 12.9. The zero-order valence-corrected chi connectivity index (χ0v) is 14.4. The number of fused-ring (bicyclic) bond motifs is 2. The molecule has 4 nitrogen and oxygen atoms in total. The Bertz CT molecular complexity index is 619. The average Bonchev–Trinajstić information content (AvgIpc) is 3.14. The Morgan fingerprint density at radius 1 is 1.35 bits per heavy atom. The molecule has 3 rings (SSSR count). The standard InChI is InChI=1S/C17H20Cl2N2O2/c18-13-5-6-16(14(19)10-13)23-7-1-2-17(22)21-20-15-9-11-3-4-12(15)8-11/h5-6,10-12H,1-4,7-9H2,(H,21,22). The molecule has 1 amide bonds. The van der Waals surface area contributed by atoms with E-state index in [-0.39, 0.29) is 5.91 Å². The molecule has 2 aliphatic carbocycles. The minimum absolute atomic E-state index is 0.0638. The van der Waals surface area contributed by atoms with Crippen molar-refractivity contribution >= 4 is 34.8 Å². The second-order valence-electron chi connectivity index (χ2n) is 6.25. The van der Waals surface area contributed by atoms with Gasteiger partial charge in [-0.3, -0.25) is 4.79 Å². The Kier molecular flexibility index (Phi) is 5.44. The van der Waals surface area contributed by atoms with Crippen molar-refractivity contribution in [3.05, 3.63) is 28.2 Å². The van der Waals surface area contributed by atoms with Crippen molar-refractivity contribution in [2.45, 2.75) is 38.5 Å². The molecule has 2 unspecified atom stereocenters. The minimum Gasteiger partial charge on any atom is -0.492 e. The van der Waals surface area contributed by atoms with E-state index in [0.717, 1.165) is 12.3 Å². The SMILES string of the molecule is O=C(CCCOc1ccc(Cl)cc1Cl)NN=C1CC2CCC1C2. The number of amides is 1. The lowest BCUT2D eigenvalue weighted by Crippen LogP contribution is -2.22. The highest BCUT2D eigenvalue weighted by Gasteiger charge is 2.36. The Balaban J connectivity index is 1.36. The largest absolute Gasteiger partial charge is 0.492 e. The van der Waals surface area contributed by atoms with Gasteiger partial charge in [0, 0.05) is 17.2 Å². The highest BCUT2D eigenvalue weighted by Crippen LogP contribution is 2.42. The number of hydrazone groups is 1. The maximum atomic E-state index is 11.8. The summed E-state index contributed by atoms with van der Waals surface area (Å²) in [6.07, 6.45) is 5.86. The third kappa shape index (κ3) is 4.39. The minimum atomic E-state index is -0.0638. The fraction of sp³-hybridized carbons (Fsp3) is 0.529. The molecule has 2 bridgehead atoms. The van der Waals surface area contributed by atoms with Crippen LogP contribution in [-0.2, 0) is 4.79 Å². The molecule has 2 aliphatic rings. The number of nitrogens with zero attached hydrogens (tertiary/aromatic N) is 1. The maximum absolute atomic E-state index is 11.8. The number of hydrogen-bond acceptors (Lipinski definition) is 3. The molecule has 0 radical (unpaired) electrons. The lowest BCUT2D eigenvalue weighted by Gasteiger charge is -2.11. The first-order valence-corrected chi connectivity index (χ1v) is 8.80. The summed E-state index contributed by atoms with van der Waals surface area (Å²) in [7, 11) is 0. The Hall–Kier alpha value is -1.26. The molecule has 0 saturated heterocycles. The summed E-state index contributed by atoms with van der Waals surface area (Å²) in [5.74, 6) is 1.92. The molecule has 2 saturated carbocycles. The molecular weight excluding hydrogens is 335 g/mol. The summed E-state index contributed by atoms with van der Waals surface area (Å²) in [5, 5.41) is 5.35. The molecule has 0 aromatic heterocycles. The Labute approximate surface area is 146 Å². The number of rotatable bonds is 6. The quantitative estimate of drug-likeness (QED) is 0.606. The topological polar surface area (TPSA) is 50.7 Å². The molecule has 2 atom stereocenters. The van der Waals surface area contributed by atoms with Gasteiger partial charge in [-0.15, -0.1) is 0 Å². The Morgan fingerprint density at radius 2 is 2.22 bits per heavy atom. The van der Waals surface area contributed by atoms with Crippen molar-refractivity contribution in [3.63, 3.8) is 0 Å². The van der Waals surface area contributed by atoms with Crippen LogP contribution in [0.3, 0.4) is 0 Å². The lowest BCUT2D eigenvalue weighted by atomic mass is 9.99. The third-order valence-corrected chi connectivity index (χ3v) is 5.06. The predicted octanol–water partition coefficient (Wildman–Crippen LogP) is 4.44. The van der Waals surface area contributed by atoms with Gasteiger partial charge in [0.25, 0.3) is 0 Å². The van der Waals surface area contributed by atoms with E-state index in [1.165, 1.54) is 25.0 Å². The van der Waals surface area contributed by atoms with Gasteiger partial charge < -0.3 is 4.74 Å². The first-order valence-electron chi connectivity index (χ1n) is 8.05. The smallest absolute Gasteiger partial charge is 0.240 e. The van der Waals surface area contributed by atoms with Crippen LogP contribution in [0.5, 0.6) is 5.75 Å². The lowest BCUT2D eigenvalue weighted by molar-refractivity contribution is -0.121. The molecule has 23 heavy (non-hydrogen) atoms. The summed E-state index contributed by atoms with van der Waals surface area (Å²) in [6.45, 7) is 0.427. The number of carbonyl (C=O) groups is 1. The zero-order chi connectivity index (χ0) is 16.2. The van der Waals surface area contributed by atoms with E-state index in [1.54, 1.807) is 18.2 Å². The van der Waals surface area contributed by atoms with Crippen LogP contribution in [-0.4, -0.2) is 18.2 Å². The van der Waals surface area contributed by atoms with Crippen LogP contribution in [0.1, 0.15) is 38.5 Å². The van der Waals surface area contributed by atoms with E-state index in [4.69, 9.17) is 27.9 Å². The molecule has 1 N–H and O–H groups in total. The molecule has 6 heteroatoms. The molecule has 1 aromatic rings. The van der Waals surface area contributed by atoms with Crippen molar-refractivity contribution in [1.29, 1.82) is 0 Å². The highest BCUT2D eigenvalue weighted by molar-refractivity contribution is 6.35. The van der Waals surface area contributed by atoms with Crippen LogP contribution in [0.2, 0.25) is 10.0 Å². The summed E-state index contributed by atoms with van der Waals surface area (Å²) in [5.41, 5.74) is 3.86. The van der Waals surface area contributed by atoms with E-state index in [0.29, 0.717) is 41.2 Å².